The van der Waals surface area contributed by atoms with Crippen molar-refractivity contribution in [2.24, 2.45) is 0 Å². The molecule has 0 fully saturated rings. The van der Waals surface area contributed by atoms with E-state index in [4.69, 9.17) is 5.73 Å². The summed E-state index contributed by atoms with van der Waals surface area (Å²) in [7, 11) is -2.18. The van der Waals surface area contributed by atoms with E-state index >= 15 is 0 Å². The Hall–Kier alpha value is -0.810. The Bertz CT molecular complexity index is 417. The van der Waals surface area contributed by atoms with Crippen LogP contribution in [0.4, 0.5) is 5.69 Å². The van der Waals surface area contributed by atoms with Crippen molar-refractivity contribution in [2.45, 2.75) is 0 Å². The zero-order chi connectivity index (χ0) is 9.14. The molecule has 0 saturated heterocycles. The second-order valence-corrected chi connectivity index (χ2v) is 3.77. The van der Waals surface area contributed by atoms with Crippen LogP contribution in [0.3, 0.4) is 0 Å². The molecule has 5 heteroatoms. The first-order valence-corrected chi connectivity index (χ1v) is 5.00. The topological polar surface area (TPSA) is 60.2 Å². The molecule has 0 aromatic heterocycles. The summed E-state index contributed by atoms with van der Waals surface area (Å²) in [5.74, 6) is 0. The van der Waals surface area contributed by atoms with Gasteiger partial charge in [-0.25, -0.2) is 0 Å². The lowest BCUT2D eigenvalue weighted by atomic mass is 10.2. The van der Waals surface area contributed by atoms with Gasteiger partial charge in [0.1, 0.15) is 0 Å². The molecule has 0 heterocycles. The number of nitrogens with two attached hydrogens (primary N) is 1. The van der Waals surface area contributed by atoms with Gasteiger partial charge in [-0.15, -0.1) is 0 Å². The lowest BCUT2D eigenvalue weighted by Crippen LogP contribution is -1.89. The number of hydrogen-bond acceptors (Lipinski definition) is 3. The third-order valence-electron chi connectivity index (χ3n) is 1.25. The van der Waals surface area contributed by atoms with Gasteiger partial charge >= 0.3 is 0 Å². The molecule has 0 bridgehead atoms. The third kappa shape index (κ3) is 2.35. The summed E-state index contributed by atoms with van der Waals surface area (Å²) in [6.45, 7) is 0. The molecule has 0 aliphatic rings. The minimum atomic E-state index is -2.18. The van der Waals surface area contributed by atoms with Crippen molar-refractivity contribution in [2.75, 3.05) is 5.73 Å². The van der Waals surface area contributed by atoms with E-state index in [0.717, 1.165) is 9.84 Å². The molecular weight excluding hydrogens is 242 g/mol. The minimum Gasteiger partial charge on any atom is -0.398 e. The monoisotopic (exact) mass is 247 g/mol. The van der Waals surface area contributed by atoms with Gasteiger partial charge in [0.05, 0.1) is 5.37 Å². The molecular formula is C7H6BrNO2S. The Morgan fingerprint density at radius 1 is 1.42 bits per heavy atom. The SMILES string of the molecule is Nc1cc(C=S(=O)=O)ccc1Br. The van der Waals surface area contributed by atoms with Gasteiger partial charge in [0.15, 0.2) is 0 Å². The van der Waals surface area contributed by atoms with E-state index < -0.39 is 10.3 Å². The van der Waals surface area contributed by atoms with Crippen molar-refractivity contribution in [3.63, 3.8) is 0 Å². The van der Waals surface area contributed by atoms with Gasteiger partial charge in [-0.1, -0.05) is 6.07 Å². The van der Waals surface area contributed by atoms with E-state index in [-0.39, 0.29) is 0 Å². The van der Waals surface area contributed by atoms with Gasteiger partial charge in [-0.05, 0) is 33.6 Å². The first-order chi connectivity index (χ1) is 5.59. The zero-order valence-corrected chi connectivity index (χ0v) is 8.39. The second-order valence-electron chi connectivity index (χ2n) is 2.16. The van der Waals surface area contributed by atoms with Gasteiger partial charge < -0.3 is 5.73 Å². The van der Waals surface area contributed by atoms with Crippen LogP contribution in [0, 0.1) is 0 Å². The fourth-order valence-electron chi connectivity index (χ4n) is 0.747. The smallest absolute Gasteiger partial charge is 0.214 e. The standard InChI is InChI=1S/C7H6BrNO2S/c8-6-2-1-5(3-7(6)9)4-12(10)11/h1-4H,9H2. The van der Waals surface area contributed by atoms with Crippen LogP contribution < -0.4 is 5.73 Å². The summed E-state index contributed by atoms with van der Waals surface area (Å²) in [5, 5.41) is 1.10. The quantitative estimate of drug-likeness (QED) is 0.597. The molecule has 64 valence electrons. The van der Waals surface area contributed by atoms with Crippen LogP contribution in [0.5, 0.6) is 0 Å². The number of anilines is 1. The molecule has 2 N–H and O–H groups in total. The summed E-state index contributed by atoms with van der Waals surface area (Å²) in [6, 6.07) is 4.95. The number of hydrogen-bond donors (Lipinski definition) is 1. The fourth-order valence-corrected chi connectivity index (χ4v) is 1.36. The summed E-state index contributed by atoms with van der Waals surface area (Å²) in [6.07, 6.45) is 0. The van der Waals surface area contributed by atoms with Crippen LogP contribution in [0.2, 0.25) is 0 Å². The zero-order valence-electron chi connectivity index (χ0n) is 5.99. The highest BCUT2D eigenvalue weighted by atomic mass is 79.9. The molecule has 0 saturated carbocycles. The summed E-state index contributed by atoms with van der Waals surface area (Å²) in [5.41, 5.74) is 6.62. The average Bonchev–Trinajstić information content (AvgIpc) is 1.96. The molecule has 3 nitrogen and oxygen atoms in total. The first-order valence-electron chi connectivity index (χ1n) is 3.07. The van der Waals surface area contributed by atoms with Crippen LogP contribution in [0.15, 0.2) is 22.7 Å². The Morgan fingerprint density at radius 2 is 2.08 bits per heavy atom. The molecule has 1 aromatic carbocycles. The van der Waals surface area contributed by atoms with Crippen LogP contribution in [0.25, 0.3) is 0 Å². The number of rotatable bonds is 1. The predicted molar refractivity (Wildman–Crippen MR) is 52.6 cm³/mol. The molecule has 0 amide bonds. The van der Waals surface area contributed by atoms with E-state index in [0.29, 0.717) is 11.3 Å². The molecule has 1 aromatic rings. The Balaban J connectivity index is 3.23. The Labute approximate surface area is 79.9 Å². The van der Waals surface area contributed by atoms with Crippen molar-refractivity contribution >= 4 is 37.3 Å². The van der Waals surface area contributed by atoms with Gasteiger partial charge in [-0.2, -0.15) is 8.42 Å². The van der Waals surface area contributed by atoms with E-state index in [9.17, 15) is 8.42 Å². The summed E-state index contributed by atoms with van der Waals surface area (Å²) >= 11 is 3.20. The highest BCUT2D eigenvalue weighted by molar-refractivity contribution is 9.10. The molecule has 0 atom stereocenters. The Morgan fingerprint density at radius 3 is 2.58 bits per heavy atom. The number of halogens is 1. The minimum absolute atomic E-state index is 0.522. The fraction of sp³-hybridized carbons (Fsp3) is 0. The lowest BCUT2D eigenvalue weighted by molar-refractivity contribution is 0.627. The second kappa shape index (κ2) is 3.73. The maximum Gasteiger partial charge on any atom is 0.214 e. The number of nitrogen functional groups attached to an aromatic ring is 1. The molecule has 0 aliphatic carbocycles. The van der Waals surface area contributed by atoms with Crippen molar-refractivity contribution in [1.29, 1.82) is 0 Å². The molecule has 0 aliphatic heterocycles. The maximum absolute atomic E-state index is 10.3. The predicted octanol–water partition coefficient (Wildman–Crippen LogP) is 1.06. The molecule has 12 heavy (non-hydrogen) atoms. The van der Waals surface area contributed by atoms with Gasteiger partial charge in [-0.3, -0.25) is 0 Å². The van der Waals surface area contributed by atoms with Crippen molar-refractivity contribution in [1.82, 2.24) is 0 Å². The van der Waals surface area contributed by atoms with E-state index in [1.165, 1.54) is 0 Å². The average molecular weight is 248 g/mol. The first kappa shape index (κ1) is 9.28. The van der Waals surface area contributed by atoms with Crippen LogP contribution in [-0.2, 0) is 10.3 Å². The lowest BCUT2D eigenvalue weighted by Gasteiger charge is -1.97. The third-order valence-corrected chi connectivity index (χ3v) is 2.44. The normalized spacial score (nSPS) is 9.42. The van der Waals surface area contributed by atoms with Gasteiger partial charge in [0.25, 0.3) is 0 Å². The van der Waals surface area contributed by atoms with Crippen molar-refractivity contribution in [3.05, 3.63) is 28.2 Å². The van der Waals surface area contributed by atoms with E-state index in [2.05, 4.69) is 15.9 Å². The summed E-state index contributed by atoms with van der Waals surface area (Å²) in [4.78, 5) is 0. The van der Waals surface area contributed by atoms with Crippen molar-refractivity contribution in [3.8, 4) is 0 Å². The highest BCUT2D eigenvalue weighted by Crippen LogP contribution is 2.19. The number of benzene rings is 1. The van der Waals surface area contributed by atoms with E-state index in [1.807, 2.05) is 0 Å². The van der Waals surface area contributed by atoms with Gasteiger partial charge in [0.2, 0.25) is 10.3 Å². The van der Waals surface area contributed by atoms with Crippen molar-refractivity contribution < 1.29 is 8.42 Å². The summed E-state index contributed by atoms with van der Waals surface area (Å²) < 4.78 is 21.3. The molecule has 0 spiro atoms. The molecule has 0 unspecified atom stereocenters. The Kier molecular flexibility index (Phi) is 2.88. The molecule has 1 rings (SSSR count). The van der Waals surface area contributed by atoms with Gasteiger partial charge in [0, 0.05) is 10.2 Å². The molecule has 0 radical (unpaired) electrons. The largest absolute Gasteiger partial charge is 0.398 e. The van der Waals surface area contributed by atoms with Crippen LogP contribution in [-0.4, -0.2) is 13.8 Å². The highest BCUT2D eigenvalue weighted by Gasteiger charge is 1.95. The van der Waals surface area contributed by atoms with Crippen LogP contribution >= 0.6 is 15.9 Å². The van der Waals surface area contributed by atoms with Crippen LogP contribution in [0.1, 0.15) is 5.56 Å². The van der Waals surface area contributed by atoms with E-state index in [1.54, 1.807) is 18.2 Å². The maximum atomic E-state index is 10.3.